The van der Waals surface area contributed by atoms with E-state index in [4.69, 9.17) is 9.47 Å². The van der Waals surface area contributed by atoms with Gasteiger partial charge < -0.3 is 14.4 Å². The summed E-state index contributed by atoms with van der Waals surface area (Å²) in [5.41, 5.74) is 5.63. The molecule has 2 aromatic carbocycles. The molecule has 0 radical (unpaired) electrons. The zero-order valence-corrected chi connectivity index (χ0v) is 19.2. The van der Waals surface area contributed by atoms with E-state index in [-0.39, 0.29) is 11.7 Å². The minimum Gasteiger partial charge on any atom is -0.493 e. The highest BCUT2D eigenvalue weighted by Crippen LogP contribution is 2.39. The Morgan fingerprint density at radius 3 is 2.57 bits per heavy atom. The number of hydrogen-bond acceptors (Lipinski definition) is 4. The first-order valence-electron chi connectivity index (χ1n) is 10.1. The molecule has 0 saturated carbocycles. The molecule has 2 aromatic rings. The van der Waals surface area contributed by atoms with Crippen LogP contribution in [0.15, 0.2) is 58.7 Å². The monoisotopic (exact) mass is 467 g/mol. The molecule has 1 aliphatic carbocycles. The molecule has 0 bridgehead atoms. The molecule has 1 unspecified atom stereocenters. The van der Waals surface area contributed by atoms with Crippen LogP contribution in [0.5, 0.6) is 11.5 Å². The van der Waals surface area contributed by atoms with E-state index in [1.165, 1.54) is 16.7 Å². The number of Topliss-reactive ketones (excluding diaryl/α,β-unsaturated/α-hetero) is 1. The summed E-state index contributed by atoms with van der Waals surface area (Å²) in [6, 6.07) is 12.2. The van der Waals surface area contributed by atoms with Gasteiger partial charge in [-0.1, -0.05) is 40.2 Å². The second kappa shape index (κ2) is 8.68. The summed E-state index contributed by atoms with van der Waals surface area (Å²) < 4.78 is 11.9. The van der Waals surface area contributed by atoms with Gasteiger partial charge in [-0.15, -0.1) is 0 Å². The Hall–Kier alpha value is -2.53. The molecule has 4 rings (SSSR count). The number of allylic oxidation sites excluding steroid dienone is 2. The summed E-state index contributed by atoms with van der Waals surface area (Å²) in [6.45, 7) is 3.83. The predicted molar refractivity (Wildman–Crippen MR) is 122 cm³/mol. The fourth-order valence-corrected chi connectivity index (χ4v) is 4.86. The van der Waals surface area contributed by atoms with Crippen LogP contribution in [0, 0.1) is 12.8 Å². The fraction of sp³-hybridized carbons (Fsp3) is 0.320. The predicted octanol–water partition coefficient (Wildman–Crippen LogP) is 5.44. The molecule has 0 spiro atoms. The normalized spacial score (nSPS) is 18.1. The van der Waals surface area contributed by atoms with Gasteiger partial charge in [0.25, 0.3) is 0 Å². The van der Waals surface area contributed by atoms with Crippen molar-refractivity contribution >= 4 is 21.7 Å². The molecule has 4 nitrogen and oxygen atoms in total. The number of ketones is 1. The fourth-order valence-electron chi connectivity index (χ4n) is 4.24. The molecule has 156 valence electrons. The smallest absolute Gasteiger partial charge is 0.167 e. The molecule has 2 aliphatic rings. The van der Waals surface area contributed by atoms with Crippen LogP contribution in [0.4, 0.5) is 0 Å². The average molecular weight is 468 g/mol. The largest absolute Gasteiger partial charge is 0.493 e. The van der Waals surface area contributed by atoms with E-state index >= 15 is 0 Å². The van der Waals surface area contributed by atoms with E-state index in [1.54, 1.807) is 14.2 Å². The lowest BCUT2D eigenvalue weighted by Gasteiger charge is -2.26. The summed E-state index contributed by atoms with van der Waals surface area (Å²) in [5, 5.41) is 0. The number of carbonyl (C=O) groups is 1. The van der Waals surface area contributed by atoms with Crippen molar-refractivity contribution in [2.75, 3.05) is 20.8 Å². The van der Waals surface area contributed by atoms with Crippen LogP contribution in [-0.4, -0.2) is 31.4 Å². The lowest BCUT2D eigenvalue weighted by Crippen LogP contribution is -2.23. The zero-order chi connectivity index (χ0) is 21.3. The third kappa shape index (κ3) is 4.04. The molecule has 0 fully saturated rings. The summed E-state index contributed by atoms with van der Waals surface area (Å²) in [5.74, 6) is 1.42. The molecule has 0 aromatic heterocycles. The molecular weight excluding hydrogens is 442 g/mol. The lowest BCUT2D eigenvalue weighted by molar-refractivity contribution is 0.0936. The highest BCUT2D eigenvalue weighted by Gasteiger charge is 2.33. The second-order valence-corrected chi connectivity index (χ2v) is 8.87. The third-order valence-electron chi connectivity index (χ3n) is 5.99. The van der Waals surface area contributed by atoms with E-state index in [1.807, 2.05) is 12.1 Å². The maximum absolute atomic E-state index is 13.0. The van der Waals surface area contributed by atoms with Gasteiger partial charge in [-0.05, 0) is 60.2 Å². The molecule has 1 aliphatic heterocycles. The standard InChI is InChI=1S/C25H26BrNO3/c1-16-6-4-5-7-18(16)14-27-9-8-17(22(26)15-27)10-20-11-19-12-23(29-2)24(30-3)13-21(19)25(20)28/h4-9,12-13,20H,10-11,14-15H2,1-3H3. The van der Waals surface area contributed by atoms with E-state index in [0.717, 1.165) is 41.5 Å². The lowest BCUT2D eigenvalue weighted by atomic mass is 9.94. The maximum Gasteiger partial charge on any atom is 0.167 e. The van der Waals surface area contributed by atoms with Crippen LogP contribution >= 0.6 is 15.9 Å². The van der Waals surface area contributed by atoms with Crippen LogP contribution < -0.4 is 9.47 Å². The molecule has 0 saturated heterocycles. The number of rotatable bonds is 6. The van der Waals surface area contributed by atoms with Gasteiger partial charge in [-0.25, -0.2) is 0 Å². The highest BCUT2D eigenvalue weighted by atomic mass is 79.9. The van der Waals surface area contributed by atoms with E-state index < -0.39 is 0 Å². The van der Waals surface area contributed by atoms with Crippen LogP contribution in [0.3, 0.4) is 0 Å². The number of hydrogen-bond donors (Lipinski definition) is 0. The van der Waals surface area contributed by atoms with Gasteiger partial charge in [-0.3, -0.25) is 4.79 Å². The molecule has 30 heavy (non-hydrogen) atoms. The SMILES string of the molecule is COc1cc2c(cc1OC)C(=O)C(CC1=C(Br)CN(Cc3ccccc3C)C=C1)C2. The Labute approximate surface area is 186 Å². The van der Waals surface area contributed by atoms with Crippen molar-refractivity contribution in [3.05, 3.63) is 81.0 Å². The van der Waals surface area contributed by atoms with E-state index in [0.29, 0.717) is 11.5 Å². The van der Waals surface area contributed by atoms with Gasteiger partial charge in [0.05, 0.1) is 14.2 Å². The first-order valence-corrected chi connectivity index (χ1v) is 10.9. The quantitative estimate of drug-likeness (QED) is 0.567. The minimum atomic E-state index is -0.0491. The number of carbonyl (C=O) groups excluding carboxylic acids is 1. The van der Waals surface area contributed by atoms with Gasteiger partial charge in [-0.2, -0.15) is 0 Å². The number of nitrogens with zero attached hydrogens (tertiary/aromatic N) is 1. The van der Waals surface area contributed by atoms with E-state index in [9.17, 15) is 4.79 Å². The molecule has 1 atom stereocenters. The number of ether oxygens (including phenoxy) is 2. The van der Waals surface area contributed by atoms with Crippen molar-refractivity contribution in [2.45, 2.75) is 26.3 Å². The van der Waals surface area contributed by atoms with Gasteiger partial charge in [0.1, 0.15) is 0 Å². The maximum atomic E-state index is 13.0. The molecule has 0 amide bonds. The molecular formula is C25H26BrNO3. The van der Waals surface area contributed by atoms with Crippen molar-refractivity contribution in [3.8, 4) is 11.5 Å². The highest BCUT2D eigenvalue weighted by molar-refractivity contribution is 9.11. The minimum absolute atomic E-state index is 0.0491. The Morgan fingerprint density at radius 1 is 1.13 bits per heavy atom. The Kier molecular flexibility index (Phi) is 6.00. The number of fused-ring (bicyclic) bond motifs is 1. The summed E-state index contributed by atoms with van der Waals surface area (Å²) in [6.07, 6.45) is 5.75. The van der Waals surface area contributed by atoms with Crippen molar-refractivity contribution in [3.63, 3.8) is 0 Å². The number of benzene rings is 2. The number of aryl methyl sites for hydroxylation is 1. The van der Waals surface area contributed by atoms with Gasteiger partial charge in [0.2, 0.25) is 0 Å². The van der Waals surface area contributed by atoms with Gasteiger partial charge in [0.15, 0.2) is 17.3 Å². The van der Waals surface area contributed by atoms with Gasteiger partial charge >= 0.3 is 0 Å². The number of methoxy groups -OCH3 is 2. The van der Waals surface area contributed by atoms with Crippen molar-refractivity contribution in [2.24, 2.45) is 5.92 Å². The van der Waals surface area contributed by atoms with Crippen molar-refractivity contribution in [1.29, 1.82) is 0 Å². The summed E-state index contributed by atoms with van der Waals surface area (Å²) in [4.78, 5) is 15.3. The van der Waals surface area contributed by atoms with Crippen LogP contribution in [-0.2, 0) is 13.0 Å². The average Bonchev–Trinajstić information content (AvgIpc) is 3.05. The molecule has 0 N–H and O–H groups in total. The van der Waals surface area contributed by atoms with Crippen molar-refractivity contribution < 1.29 is 14.3 Å². The van der Waals surface area contributed by atoms with E-state index in [2.05, 4.69) is 64.3 Å². The van der Waals surface area contributed by atoms with Crippen LogP contribution in [0.25, 0.3) is 0 Å². The summed E-state index contributed by atoms with van der Waals surface area (Å²) >= 11 is 3.77. The Balaban J connectivity index is 1.45. The van der Waals surface area contributed by atoms with Gasteiger partial charge in [0, 0.05) is 35.3 Å². The first-order chi connectivity index (χ1) is 14.5. The molecule has 1 heterocycles. The topological polar surface area (TPSA) is 38.8 Å². The van der Waals surface area contributed by atoms with Crippen LogP contribution in [0.2, 0.25) is 0 Å². The molecule has 5 heteroatoms. The summed E-state index contributed by atoms with van der Waals surface area (Å²) in [7, 11) is 3.22. The first kappa shape index (κ1) is 20.7. The zero-order valence-electron chi connectivity index (χ0n) is 17.6. The second-order valence-electron chi connectivity index (χ2n) is 7.91. The Bertz CT molecular complexity index is 1040. The Morgan fingerprint density at radius 2 is 1.87 bits per heavy atom. The van der Waals surface area contributed by atoms with Crippen molar-refractivity contribution in [1.82, 2.24) is 4.90 Å². The number of halogens is 1. The van der Waals surface area contributed by atoms with Crippen LogP contribution in [0.1, 0.15) is 33.5 Å². The third-order valence-corrected chi connectivity index (χ3v) is 6.75.